The number of nitrogens with zero attached hydrogens (tertiary/aromatic N) is 3. The molecule has 3 aromatic rings. The standard InChI is InChI=1S/C20H21N3O5/c1-4-28-20(26)16-17(24)15-14(8-9-21-18(15)23(27)19(16)25)13-7-5-6-12(10-13)11-22(2)3/h5-10,24,27H,4,11H2,1-3H3. The van der Waals surface area contributed by atoms with E-state index in [-0.39, 0.29) is 22.4 Å². The van der Waals surface area contributed by atoms with E-state index in [0.717, 1.165) is 11.1 Å². The Morgan fingerprint density at radius 1 is 1.29 bits per heavy atom. The van der Waals surface area contributed by atoms with Crippen molar-refractivity contribution in [1.29, 1.82) is 0 Å². The summed E-state index contributed by atoms with van der Waals surface area (Å²) in [5.41, 5.74) is 0.443. The zero-order valence-electron chi connectivity index (χ0n) is 15.8. The average molecular weight is 383 g/mol. The van der Waals surface area contributed by atoms with Crippen molar-refractivity contribution in [2.45, 2.75) is 13.5 Å². The maximum atomic E-state index is 12.3. The van der Waals surface area contributed by atoms with Crippen LogP contribution in [-0.2, 0) is 11.3 Å². The Hall–Kier alpha value is -3.39. The van der Waals surface area contributed by atoms with Crippen molar-refractivity contribution >= 4 is 17.0 Å². The number of pyridine rings is 2. The van der Waals surface area contributed by atoms with Crippen LogP contribution in [0.2, 0.25) is 0 Å². The highest BCUT2D eigenvalue weighted by Gasteiger charge is 2.26. The number of benzene rings is 1. The minimum atomic E-state index is -1.09. The van der Waals surface area contributed by atoms with Crippen LogP contribution in [0.25, 0.3) is 22.2 Å². The fourth-order valence-corrected chi connectivity index (χ4v) is 3.10. The number of fused-ring (bicyclic) bond motifs is 1. The number of ether oxygens (including phenoxy) is 1. The Balaban J connectivity index is 2.31. The first-order valence-corrected chi connectivity index (χ1v) is 8.72. The summed E-state index contributed by atoms with van der Waals surface area (Å²) >= 11 is 0. The predicted molar refractivity (Wildman–Crippen MR) is 104 cm³/mol. The van der Waals surface area contributed by atoms with Gasteiger partial charge in [0.25, 0.3) is 0 Å². The smallest absolute Gasteiger partial charge is 0.347 e. The maximum absolute atomic E-state index is 12.3. The third kappa shape index (κ3) is 3.41. The van der Waals surface area contributed by atoms with Crippen LogP contribution in [0.4, 0.5) is 0 Å². The van der Waals surface area contributed by atoms with Crippen LogP contribution in [0.15, 0.2) is 41.3 Å². The largest absolute Gasteiger partial charge is 0.506 e. The van der Waals surface area contributed by atoms with Crippen molar-refractivity contribution in [1.82, 2.24) is 14.6 Å². The predicted octanol–water partition coefficient (Wildman–Crippen LogP) is 2.24. The molecule has 0 aliphatic heterocycles. The fourth-order valence-electron chi connectivity index (χ4n) is 3.10. The van der Waals surface area contributed by atoms with Crippen LogP contribution in [0.5, 0.6) is 5.75 Å². The molecule has 0 saturated heterocycles. The molecule has 0 aliphatic rings. The molecule has 8 heteroatoms. The molecule has 0 radical (unpaired) electrons. The highest BCUT2D eigenvalue weighted by Crippen LogP contribution is 2.35. The summed E-state index contributed by atoms with van der Waals surface area (Å²) in [4.78, 5) is 30.5. The van der Waals surface area contributed by atoms with E-state index in [1.165, 1.54) is 6.20 Å². The number of aromatic hydroxyl groups is 1. The molecule has 2 heterocycles. The van der Waals surface area contributed by atoms with E-state index in [1.54, 1.807) is 13.0 Å². The third-order valence-corrected chi connectivity index (χ3v) is 4.23. The van der Waals surface area contributed by atoms with Crippen molar-refractivity contribution in [3.05, 3.63) is 58.0 Å². The summed E-state index contributed by atoms with van der Waals surface area (Å²) < 4.78 is 5.11. The molecule has 2 aromatic heterocycles. The molecule has 146 valence electrons. The minimum absolute atomic E-state index is 0.0215. The van der Waals surface area contributed by atoms with Gasteiger partial charge in [0.15, 0.2) is 11.2 Å². The summed E-state index contributed by atoms with van der Waals surface area (Å²) in [6.45, 7) is 2.31. The molecule has 8 nitrogen and oxygen atoms in total. The van der Waals surface area contributed by atoms with Gasteiger partial charge in [-0.2, -0.15) is 0 Å². The molecular formula is C20H21N3O5. The Kier molecular flexibility index (Phi) is 5.32. The minimum Gasteiger partial charge on any atom is -0.506 e. The molecule has 0 atom stereocenters. The number of rotatable bonds is 5. The van der Waals surface area contributed by atoms with Crippen molar-refractivity contribution < 1.29 is 19.8 Å². The first-order chi connectivity index (χ1) is 13.3. The van der Waals surface area contributed by atoms with Gasteiger partial charge in [0, 0.05) is 12.7 Å². The van der Waals surface area contributed by atoms with Crippen LogP contribution in [0.1, 0.15) is 22.8 Å². The number of esters is 1. The molecule has 0 bridgehead atoms. The topological polar surface area (TPSA) is 105 Å². The Morgan fingerprint density at radius 2 is 2.04 bits per heavy atom. The van der Waals surface area contributed by atoms with E-state index in [4.69, 9.17) is 4.74 Å². The maximum Gasteiger partial charge on any atom is 0.347 e. The first-order valence-electron chi connectivity index (χ1n) is 8.72. The van der Waals surface area contributed by atoms with E-state index in [1.807, 2.05) is 43.3 Å². The normalized spacial score (nSPS) is 11.1. The molecule has 0 amide bonds. The van der Waals surface area contributed by atoms with Crippen molar-refractivity contribution in [3.63, 3.8) is 0 Å². The zero-order chi connectivity index (χ0) is 20.4. The van der Waals surface area contributed by atoms with Gasteiger partial charge in [-0.15, -0.1) is 4.73 Å². The monoisotopic (exact) mass is 383 g/mol. The highest BCUT2D eigenvalue weighted by molar-refractivity contribution is 6.04. The van der Waals surface area contributed by atoms with E-state index >= 15 is 0 Å². The van der Waals surface area contributed by atoms with Gasteiger partial charge in [-0.1, -0.05) is 18.2 Å². The van der Waals surface area contributed by atoms with Crippen molar-refractivity contribution in [2.24, 2.45) is 0 Å². The number of hydrogen-bond donors (Lipinski definition) is 2. The summed E-state index contributed by atoms with van der Waals surface area (Å²) in [7, 11) is 3.91. The second-order valence-electron chi connectivity index (χ2n) is 6.56. The van der Waals surface area contributed by atoms with Crippen LogP contribution in [0.3, 0.4) is 0 Å². The molecule has 0 saturated carbocycles. The molecule has 0 unspecified atom stereocenters. The lowest BCUT2D eigenvalue weighted by Gasteiger charge is -2.14. The second-order valence-corrected chi connectivity index (χ2v) is 6.56. The van der Waals surface area contributed by atoms with Crippen LogP contribution in [-0.4, -0.2) is 51.6 Å². The number of carbonyl (C=O) groups excluding carboxylic acids is 1. The van der Waals surface area contributed by atoms with E-state index in [9.17, 15) is 19.9 Å². The molecule has 0 aliphatic carbocycles. The van der Waals surface area contributed by atoms with Crippen molar-refractivity contribution in [2.75, 3.05) is 20.7 Å². The average Bonchev–Trinajstić information content (AvgIpc) is 2.65. The number of aromatic nitrogens is 2. The molecule has 3 rings (SSSR count). The highest BCUT2D eigenvalue weighted by atomic mass is 16.5. The lowest BCUT2D eigenvalue weighted by molar-refractivity contribution is 0.0515. The van der Waals surface area contributed by atoms with Gasteiger partial charge < -0.3 is 20.0 Å². The van der Waals surface area contributed by atoms with Gasteiger partial charge in [0.05, 0.1) is 12.0 Å². The SMILES string of the molecule is CCOC(=O)c1c(O)c2c(-c3cccc(CN(C)C)c3)ccnc2n(O)c1=O. The van der Waals surface area contributed by atoms with Gasteiger partial charge in [0.2, 0.25) is 0 Å². The number of hydrogen-bond acceptors (Lipinski definition) is 7. The second kappa shape index (κ2) is 7.69. The number of carbonyl (C=O) groups is 1. The van der Waals surface area contributed by atoms with Crippen LogP contribution in [0, 0.1) is 0 Å². The lowest BCUT2D eigenvalue weighted by Crippen LogP contribution is -2.27. The van der Waals surface area contributed by atoms with Crippen LogP contribution >= 0.6 is 0 Å². The zero-order valence-corrected chi connectivity index (χ0v) is 15.8. The Labute approximate surface area is 161 Å². The molecule has 28 heavy (non-hydrogen) atoms. The summed E-state index contributed by atoms with van der Waals surface area (Å²) in [5.74, 6) is -1.57. The molecule has 2 N–H and O–H groups in total. The van der Waals surface area contributed by atoms with Gasteiger partial charge in [0.1, 0.15) is 5.75 Å². The fraction of sp³-hybridized carbons (Fsp3) is 0.250. The van der Waals surface area contributed by atoms with Crippen molar-refractivity contribution in [3.8, 4) is 16.9 Å². The quantitative estimate of drug-likeness (QED) is 0.514. The van der Waals surface area contributed by atoms with Gasteiger partial charge in [-0.25, -0.2) is 9.78 Å². The Bertz CT molecular complexity index is 1100. The van der Waals surface area contributed by atoms with E-state index in [0.29, 0.717) is 12.1 Å². The first kappa shape index (κ1) is 19.4. The third-order valence-electron chi connectivity index (χ3n) is 4.23. The van der Waals surface area contributed by atoms with Gasteiger partial charge in [-0.3, -0.25) is 4.79 Å². The summed E-state index contributed by atoms with van der Waals surface area (Å²) in [6, 6.07) is 9.27. The summed E-state index contributed by atoms with van der Waals surface area (Å²) in [6.07, 6.45) is 1.42. The summed E-state index contributed by atoms with van der Waals surface area (Å²) in [5, 5.41) is 21.1. The molecule has 0 spiro atoms. The van der Waals surface area contributed by atoms with E-state index in [2.05, 4.69) is 4.98 Å². The van der Waals surface area contributed by atoms with Gasteiger partial charge >= 0.3 is 11.5 Å². The molecular weight excluding hydrogens is 362 g/mol. The van der Waals surface area contributed by atoms with Crippen LogP contribution < -0.4 is 5.56 Å². The lowest BCUT2D eigenvalue weighted by atomic mass is 9.99. The Morgan fingerprint density at radius 3 is 2.71 bits per heavy atom. The van der Waals surface area contributed by atoms with E-state index < -0.39 is 22.8 Å². The molecule has 0 fully saturated rings. The molecule has 1 aromatic carbocycles. The van der Waals surface area contributed by atoms with Gasteiger partial charge in [-0.05, 0) is 49.8 Å².